The Hall–Kier alpha value is -3.00. The van der Waals surface area contributed by atoms with Crippen LogP contribution in [0.2, 0.25) is 0 Å². The molecule has 0 radical (unpaired) electrons. The van der Waals surface area contributed by atoms with Crippen molar-refractivity contribution in [3.05, 3.63) is 83.8 Å². The van der Waals surface area contributed by atoms with Gasteiger partial charge in [0, 0.05) is 23.2 Å². The first-order valence-corrected chi connectivity index (χ1v) is 8.96. The molecule has 0 amide bonds. The third kappa shape index (κ3) is 2.68. The van der Waals surface area contributed by atoms with Crippen LogP contribution < -0.4 is 4.57 Å². The zero-order chi connectivity index (χ0) is 18.3. The van der Waals surface area contributed by atoms with E-state index < -0.39 is 0 Å². The van der Waals surface area contributed by atoms with Gasteiger partial charge in [0.15, 0.2) is 6.20 Å². The molecule has 2 heterocycles. The van der Waals surface area contributed by atoms with Crippen molar-refractivity contribution in [3.63, 3.8) is 0 Å². The zero-order valence-corrected chi connectivity index (χ0v) is 15.7. The van der Waals surface area contributed by atoms with Gasteiger partial charge in [0.1, 0.15) is 7.05 Å². The lowest BCUT2D eigenvalue weighted by Gasteiger charge is -2.15. The molecule has 0 aliphatic carbocycles. The minimum atomic E-state index is 1.20. The summed E-state index contributed by atoms with van der Waals surface area (Å²) in [7, 11) is 2.14. The molecule has 0 saturated carbocycles. The maximum absolute atomic E-state index is 4.21. The second kappa shape index (κ2) is 6.38. The van der Waals surface area contributed by atoms with Crippen molar-refractivity contribution in [2.24, 2.45) is 7.05 Å². The van der Waals surface area contributed by atoms with Gasteiger partial charge in [-0.05, 0) is 61.7 Å². The van der Waals surface area contributed by atoms with E-state index in [1.807, 2.05) is 12.4 Å². The Kier molecular flexibility index (Phi) is 4.04. The fourth-order valence-corrected chi connectivity index (χ4v) is 3.84. The summed E-state index contributed by atoms with van der Waals surface area (Å²) in [6, 6.07) is 17.4. The largest absolute Gasteiger partial charge is 0.265 e. The van der Waals surface area contributed by atoms with Crippen LogP contribution in [0.1, 0.15) is 16.7 Å². The number of hydrogen-bond donors (Lipinski definition) is 0. The number of aryl methyl sites for hydroxylation is 3. The predicted octanol–water partition coefficient (Wildman–Crippen LogP) is 5.32. The van der Waals surface area contributed by atoms with E-state index in [0.717, 1.165) is 0 Å². The number of pyridine rings is 2. The smallest absolute Gasteiger partial charge is 0.221 e. The average molecular weight is 339 g/mol. The van der Waals surface area contributed by atoms with Gasteiger partial charge >= 0.3 is 0 Å². The van der Waals surface area contributed by atoms with Crippen LogP contribution in [0.15, 0.2) is 67.1 Å². The van der Waals surface area contributed by atoms with Gasteiger partial charge in [-0.3, -0.25) is 4.98 Å². The van der Waals surface area contributed by atoms with Gasteiger partial charge in [0.25, 0.3) is 0 Å². The topological polar surface area (TPSA) is 16.8 Å². The average Bonchev–Trinajstić information content (AvgIpc) is 2.64. The van der Waals surface area contributed by atoms with Crippen molar-refractivity contribution in [2.75, 3.05) is 0 Å². The van der Waals surface area contributed by atoms with Crippen LogP contribution in [-0.2, 0) is 7.05 Å². The van der Waals surface area contributed by atoms with Gasteiger partial charge in [0.2, 0.25) is 5.69 Å². The molecule has 0 aliphatic heterocycles. The van der Waals surface area contributed by atoms with Crippen molar-refractivity contribution in [2.45, 2.75) is 20.8 Å². The predicted molar refractivity (Wildman–Crippen MR) is 108 cm³/mol. The lowest BCUT2D eigenvalue weighted by atomic mass is 9.90. The fraction of sp³-hybridized carbons (Fsp3) is 0.167. The summed E-state index contributed by atoms with van der Waals surface area (Å²) < 4.78 is 2.26. The van der Waals surface area contributed by atoms with Gasteiger partial charge < -0.3 is 0 Å². The van der Waals surface area contributed by atoms with Gasteiger partial charge in [-0.1, -0.05) is 29.8 Å². The summed E-state index contributed by atoms with van der Waals surface area (Å²) in [6.07, 6.45) is 5.97. The highest BCUT2D eigenvalue weighted by Crippen LogP contribution is 2.37. The van der Waals surface area contributed by atoms with Crippen molar-refractivity contribution >= 4 is 10.8 Å². The molecule has 0 atom stereocenters. The molecular weight excluding hydrogens is 316 g/mol. The van der Waals surface area contributed by atoms with Crippen LogP contribution >= 0.6 is 0 Å². The molecule has 0 N–H and O–H groups in total. The molecule has 2 aromatic heterocycles. The van der Waals surface area contributed by atoms with E-state index in [4.69, 9.17) is 0 Å². The number of hydrogen-bond acceptors (Lipinski definition) is 1. The SMILES string of the molecule is Cc1cc(C)c(C)c(-c2c(-c3ccncc3)c3ccccc3c[n+]2C)c1. The Bertz CT molecular complexity index is 1110. The van der Waals surface area contributed by atoms with Crippen molar-refractivity contribution in [1.29, 1.82) is 0 Å². The molecule has 2 aromatic carbocycles. The van der Waals surface area contributed by atoms with Crippen molar-refractivity contribution < 1.29 is 4.57 Å². The first-order valence-electron chi connectivity index (χ1n) is 8.96. The molecule has 0 saturated heterocycles. The van der Waals surface area contributed by atoms with E-state index in [9.17, 15) is 0 Å². The highest BCUT2D eigenvalue weighted by molar-refractivity contribution is 6.01. The lowest BCUT2D eigenvalue weighted by Crippen LogP contribution is -2.31. The molecule has 0 bridgehead atoms. The molecular formula is C24H23N2+. The first-order chi connectivity index (χ1) is 12.6. The molecule has 0 spiro atoms. The minimum Gasteiger partial charge on any atom is -0.265 e. The van der Waals surface area contributed by atoms with E-state index >= 15 is 0 Å². The Labute approximate surface area is 154 Å². The zero-order valence-electron chi connectivity index (χ0n) is 15.7. The maximum Gasteiger partial charge on any atom is 0.221 e. The summed E-state index contributed by atoms with van der Waals surface area (Å²) >= 11 is 0. The molecule has 4 rings (SSSR count). The van der Waals surface area contributed by atoms with Gasteiger partial charge in [-0.15, -0.1) is 0 Å². The first kappa shape index (κ1) is 16.5. The van der Waals surface area contributed by atoms with Crippen molar-refractivity contribution in [1.82, 2.24) is 4.98 Å². The van der Waals surface area contributed by atoms with E-state index in [2.05, 4.69) is 92.1 Å². The van der Waals surface area contributed by atoms with Gasteiger partial charge in [-0.2, -0.15) is 4.57 Å². The molecule has 4 aromatic rings. The standard InChI is InChI=1S/C24H23N2/c1-16-13-17(2)18(3)22(14-16)24-23(19-9-11-25-12-10-19)21-8-6-5-7-20(21)15-26(24)4/h5-15H,1-4H3/q+1. The number of aromatic nitrogens is 2. The highest BCUT2D eigenvalue weighted by atomic mass is 14.9. The van der Waals surface area contributed by atoms with Crippen LogP contribution in [0.25, 0.3) is 33.2 Å². The molecule has 128 valence electrons. The van der Waals surface area contributed by atoms with Crippen molar-refractivity contribution in [3.8, 4) is 22.4 Å². The molecule has 0 aliphatic rings. The Balaban J connectivity index is 2.19. The van der Waals surface area contributed by atoms with Crippen LogP contribution in [0.4, 0.5) is 0 Å². The minimum absolute atomic E-state index is 1.20. The second-order valence-corrected chi connectivity index (χ2v) is 7.04. The summed E-state index contributed by atoms with van der Waals surface area (Å²) in [4.78, 5) is 4.21. The maximum atomic E-state index is 4.21. The lowest BCUT2D eigenvalue weighted by molar-refractivity contribution is -0.658. The quantitative estimate of drug-likeness (QED) is 0.452. The molecule has 2 nitrogen and oxygen atoms in total. The molecule has 2 heteroatoms. The normalized spacial score (nSPS) is 11.1. The number of nitrogens with zero attached hydrogens (tertiary/aromatic N) is 2. The Morgan fingerprint density at radius 3 is 2.38 bits per heavy atom. The third-order valence-electron chi connectivity index (χ3n) is 5.19. The monoisotopic (exact) mass is 339 g/mol. The van der Waals surface area contributed by atoms with E-state index in [-0.39, 0.29) is 0 Å². The highest BCUT2D eigenvalue weighted by Gasteiger charge is 2.23. The fourth-order valence-electron chi connectivity index (χ4n) is 3.84. The van der Waals surface area contributed by atoms with Crippen LogP contribution in [-0.4, -0.2) is 4.98 Å². The van der Waals surface area contributed by atoms with Crippen LogP contribution in [0.3, 0.4) is 0 Å². The Morgan fingerprint density at radius 1 is 0.885 bits per heavy atom. The molecule has 26 heavy (non-hydrogen) atoms. The van der Waals surface area contributed by atoms with E-state index in [1.54, 1.807) is 0 Å². The summed E-state index contributed by atoms with van der Waals surface area (Å²) in [6.45, 7) is 6.58. The summed E-state index contributed by atoms with van der Waals surface area (Å²) in [5, 5.41) is 2.51. The van der Waals surface area contributed by atoms with Crippen LogP contribution in [0, 0.1) is 20.8 Å². The Morgan fingerprint density at radius 2 is 1.62 bits per heavy atom. The third-order valence-corrected chi connectivity index (χ3v) is 5.19. The van der Waals surface area contributed by atoms with Gasteiger partial charge in [0.05, 0.1) is 11.1 Å². The summed E-state index contributed by atoms with van der Waals surface area (Å²) in [5.41, 5.74) is 8.95. The number of fused-ring (bicyclic) bond motifs is 1. The van der Waals surface area contributed by atoms with Crippen LogP contribution in [0.5, 0.6) is 0 Å². The number of benzene rings is 2. The van der Waals surface area contributed by atoms with E-state index in [1.165, 1.54) is 49.8 Å². The second-order valence-electron chi connectivity index (χ2n) is 7.04. The summed E-state index contributed by atoms with van der Waals surface area (Å²) in [5.74, 6) is 0. The molecule has 0 fully saturated rings. The molecule has 0 unspecified atom stereocenters. The van der Waals surface area contributed by atoms with E-state index in [0.29, 0.717) is 0 Å². The van der Waals surface area contributed by atoms with Gasteiger partial charge in [-0.25, -0.2) is 0 Å². The number of rotatable bonds is 2.